The molecule has 1 aromatic heterocycles. The lowest BCUT2D eigenvalue weighted by atomic mass is 9.86. The molecule has 0 spiro atoms. The molecule has 112 valence electrons. The highest BCUT2D eigenvalue weighted by Gasteiger charge is 2.19. The van der Waals surface area contributed by atoms with Gasteiger partial charge >= 0.3 is 0 Å². The third kappa shape index (κ3) is 3.42. The number of nitrogens with zero attached hydrogens (tertiary/aromatic N) is 1. The molecule has 1 N–H and O–H groups in total. The monoisotopic (exact) mass is 284 g/mol. The summed E-state index contributed by atoms with van der Waals surface area (Å²) in [5.74, 6) is 0.803. The first-order valence-corrected chi connectivity index (χ1v) is 7.24. The zero-order chi connectivity index (χ0) is 15.5. The average molecular weight is 284 g/mol. The van der Waals surface area contributed by atoms with Crippen LogP contribution < -0.4 is 10.1 Å². The molecule has 1 heterocycles. The van der Waals surface area contributed by atoms with Crippen molar-refractivity contribution < 1.29 is 4.74 Å². The molecule has 0 aliphatic heterocycles. The minimum Gasteiger partial charge on any atom is -0.495 e. The van der Waals surface area contributed by atoms with Gasteiger partial charge in [0.25, 0.3) is 0 Å². The maximum Gasteiger partial charge on any atom is 0.142 e. The van der Waals surface area contributed by atoms with E-state index in [-0.39, 0.29) is 11.5 Å². The first-order chi connectivity index (χ1) is 9.97. The maximum atomic E-state index is 5.43. The molecule has 0 saturated carbocycles. The van der Waals surface area contributed by atoms with Crippen LogP contribution in [0.15, 0.2) is 42.6 Å². The van der Waals surface area contributed by atoms with Crippen molar-refractivity contribution >= 4 is 0 Å². The van der Waals surface area contributed by atoms with Gasteiger partial charge in [-0.25, -0.2) is 0 Å². The molecule has 0 bridgehead atoms. The number of pyridine rings is 1. The van der Waals surface area contributed by atoms with Crippen LogP contribution in [-0.4, -0.2) is 19.1 Å². The number of ether oxygens (including phenoxy) is 1. The van der Waals surface area contributed by atoms with Gasteiger partial charge in [0.1, 0.15) is 11.4 Å². The summed E-state index contributed by atoms with van der Waals surface area (Å²) >= 11 is 0. The summed E-state index contributed by atoms with van der Waals surface area (Å²) in [6.07, 6.45) is 1.80. The predicted octanol–water partition coefficient (Wildman–Crippen LogP) is 3.70. The Labute approximate surface area is 127 Å². The highest BCUT2D eigenvalue weighted by atomic mass is 16.5. The van der Waals surface area contributed by atoms with Crippen molar-refractivity contribution in [2.45, 2.75) is 32.2 Å². The van der Waals surface area contributed by atoms with E-state index < -0.39 is 0 Å². The Morgan fingerprint density at radius 3 is 2.29 bits per heavy atom. The molecule has 1 unspecified atom stereocenters. The second-order valence-corrected chi connectivity index (χ2v) is 6.18. The minimum absolute atomic E-state index is 0.0233. The molecule has 0 fully saturated rings. The zero-order valence-electron chi connectivity index (χ0n) is 13.5. The standard InChI is InChI=1S/C18H24N2O/c1-18(2,3)14-10-8-13(9-11-14)16(19-4)17-15(21-5)7-6-12-20-17/h6-12,16,19H,1-5H3. The minimum atomic E-state index is 0.0233. The zero-order valence-corrected chi connectivity index (χ0v) is 13.5. The van der Waals surface area contributed by atoms with E-state index in [0.717, 1.165) is 11.4 Å². The van der Waals surface area contributed by atoms with Crippen LogP contribution >= 0.6 is 0 Å². The van der Waals surface area contributed by atoms with Crippen LogP contribution in [-0.2, 0) is 5.41 Å². The molecule has 1 atom stereocenters. The van der Waals surface area contributed by atoms with Gasteiger partial charge in [0.2, 0.25) is 0 Å². The highest BCUT2D eigenvalue weighted by molar-refractivity contribution is 5.38. The summed E-state index contributed by atoms with van der Waals surface area (Å²) < 4.78 is 5.43. The number of rotatable bonds is 4. The number of hydrogen-bond donors (Lipinski definition) is 1. The van der Waals surface area contributed by atoms with Gasteiger partial charge < -0.3 is 10.1 Å². The number of aromatic nitrogens is 1. The number of nitrogens with one attached hydrogen (secondary N) is 1. The number of benzene rings is 1. The van der Waals surface area contributed by atoms with E-state index in [1.165, 1.54) is 11.1 Å². The molecular formula is C18H24N2O. The van der Waals surface area contributed by atoms with E-state index in [2.05, 4.69) is 55.3 Å². The Hall–Kier alpha value is -1.87. The SMILES string of the molecule is CNC(c1ccc(C(C)(C)C)cc1)c1ncccc1OC. The molecule has 0 saturated heterocycles. The third-order valence-electron chi connectivity index (χ3n) is 3.69. The fraction of sp³-hybridized carbons (Fsp3) is 0.389. The molecule has 0 amide bonds. The Kier molecular flexibility index (Phi) is 4.63. The summed E-state index contributed by atoms with van der Waals surface area (Å²) in [6.45, 7) is 6.66. The lowest BCUT2D eigenvalue weighted by molar-refractivity contribution is 0.401. The second-order valence-electron chi connectivity index (χ2n) is 6.18. The van der Waals surface area contributed by atoms with Crippen LogP contribution in [0.4, 0.5) is 0 Å². The Morgan fingerprint density at radius 2 is 1.76 bits per heavy atom. The molecule has 1 aromatic carbocycles. The van der Waals surface area contributed by atoms with Gasteiger partial charge in [-0.3, -0.25) is 4.98 Å². The Balaban J connectivity index is 2.38. The van der Waals surface area contributed by atoms with Crippen LogP contribution in [0.5, 0.6) is 5.75 Å². The van der Waals surface area contributed by atoms with E-state index in [9.17, 15) is 0 Å². The third-order valence-corrected chi connectivity index (χ3v) is 3.69. The van der Waals surface area contributed by atoms with E-state index in [1.807, 2.05) is 19.2 Å². The molecule has 2 aromatic rings. The van der Waals surface area contributed by atoms with E-state index >= 15 is 0 Å². The Bertz CT molecular complexity index is 585. The second kappa shape index (κ2) is 6.27. The van der Waals surface area contributed by atoms with Gasteiger partial charge in [0, 0.05) is 6.20 Å². The van der Waals surface area contributed by atoms with Gasteiger partial charge in [0.05, 0.1) is 13.2 Å². The van der Waals surface area contributed by atoms with Gasteiger partial charge in [-0.2, -0.15) is 0 Å². The van der Waals surface area contributed by atoms with Crippen molar-refractivity contribution in [2.75, 3.05) is 14.2 Å². The largest absolute Gasteiger partial charge is 0.495 e. The van der Waals surface area contributed by atoms with Gasteiger partial charge in [-0.05, 0) is 35.7 Å². The first kappa shape index (κ1) is 15.5. The lowest BCUT2D eigenvalue weighted by Crippen LogP contribution is -2.20. The highest BCUT2D eigenvalue weighted by Crippen LogP contribution is 2.29. The molecular weight excluding hydrogens is 260 g/mol. The maximum absolute atomic E-state index is 5.43. The molecule has 0 radical (unpaired) electrons. The van der Waals surface area contributed by atoms with E-state index in [4.69, 9.17) is 4.74 Å². The van der Waals surface area contributed by atoms with Gasteiger partial charge in [-0.1, -0.05) is 45.0 Å². The van der Waals surface area contributed by atoms with Crippen LogP contribution in [0.3, 0.4) is 0 Å². The van der Waals surface area contributed by atoms with Crippen molar-refractivity contribution in [3.05, 3.63) is 59.4 Å². The summed E-state index contributed by atoms with van der Waals surface area (Å²) in [7, 11) is 3.62. The summed E-state index contributed by atoms with van der Waals surface area (Å²) in [5.41, 5.74) is 3.58. The topological polar surface area (TPSA) is 34.2 Å². The normalized spacial score (nSPS) is 13.0. The molecule has 0 aliphatic carbocycles. The number of hydrogen-bond acceptors (Lipinski definition) is 3. The van der Waals surface area contributed by atoms with E-state index in [1.54, 1.807) is 13.3 Å². The first-order valence-electron chi connectivity index (χ1n) is 7.24. The molecule has 3 nitrogen and oxygen atoms in total. The van der Waals surface area contributed by atoms with Gasteiger partial charge in [-0.15, -0.1) is 0 Å². The molecule has 2 rings (SSSR count). The van der Waals surface area contributed by atoms with Gasteiger partial charge in [0.15, 0.2) is 0 Å². The number of methoxy groups -OCH3 is 1. The van der Waals surface area contributed by atoms with Crippen LogP contribution in [0, 0.1) is 0 Å². The lowest BCUT2D eigenvalue weighted by Gasteiger charge is -2.22. The summed E-state index contributed by atoms with van der Waals surface area (Å²) in [5, 5.41) is 3.33. The fourth-order valence-electron chi connectivity index (χ4n) is 2.43. The quantitative estimate of drug-likeness (QED) is 0.929. The van der Waals surface area contributed by atoms with E-state index in [0.29, 0.717) is 0 Å². The summed E-state index contributed by atoms with van der Waals surface area (Å²) in [6, 6.07) is 12.6. The predicted molar refractivity (Wildman–Crippen MR) is 86.8 cm³/mol. The van der Waals surface area contributed by atoms with Crippen LogP contribution in [0.2, 0.25) is 0 Å². The van der Waals surface area contributed by atoms with Crippen LogP contribution in [0.25, 0.3) is 0 Å². The van der Waals surface area contributed by atoms with Crippen molar-refractivity contribution in [1.29, 1.82) is 0 Å². The van der Waals surface area contributed by atoms with Crippen LogP contribution in [0.1, 0.15) is 43.6 Å². The van der Waals surface area contributed by atoms with Crippen molar-refractivity contribution in [1.82, 2.24) is 10.3 Å². The average Bonchev–Trinajstić information content (AvgIpc) is 2.48. The summed E-state index contributed by atoms with van der Waals surface area (Å²) in [4.78, 5) is 4.48. The molecule has 0 aliphatic rings. The fourth-order valence-corrected chi connectivity index (χ4v) is 2.43. The Morgan fingerprint density at radius 1 is 1.10 bits per heavy atom. The van der Waals surface area contributed by atoms with Crippen molar-refractivity contribution in [2.24, 2.45) is 0 Å². The molecule has 3 heteroatoms. The smallest absolute Gasteiger partial charge is 0.142 e. The molecule has 21 heavy (non-hydrogen) atoms. The van der Waals surface area contributed by atoms with Crippen molar-refractivity contribution in [3.8, 4) is 5.75 Å². The van der Waals surface area contributed by atoms with Crippen molar-refractivity contribution in [3.63, 3.8) is 0 Å².